The number of piperazine rings is 1. The number of nitrogens with zero attached hydrogens (tertiary/aromatic N) is 3. The Balaban J connectivity index is 2.02. The predicted octanol–water partition coefficient (Wildman–Crippen LogP) is -0.394. The molecule has 15 heavy (non-hydrogen) atoms. The van der Waals surface area contributed by atoms with Gasteiger partial charge in [-0.1, -0.05) is 0 Å². The molecular formula is C10H17N5. The van der Waals surface area contributed by atoms with Crippen molar-refractivity contribution in [2.45, 2.75) is 6.54 Å². The molecule has 82 valence electrons. The number of hydrogen-bond donors (Lipinski definition) is 2. The third-order valence-electron chi connectivity index (χ3n) is 2.47. The highest BCUT2D eigenvalue weighted by molar-refractivity contribution is 5.30. The molecule has 0 aliphatic carbocycles. The molecule has 2 rings (SSSR count). The molecule has 5 heteroatoms. The first-order chi connectivity index (χ1) is 7.40. The van der Waals surface area contributed by atoms with E-state index in [1.54, 1.807) is 0 Å². The van der Waals surface area contributed by atoms with E-state index in [2.05, 4.69) is 25.5 Å². The minimum atomic E-state index is 0.821. The van der Waals surface area contributed by atoms with Gasteiger partial charge < -0.3 is 15.5 Å². The summed E-state index contributed by atoms with van der Waals surface area (Å²) in [6.07, 6.45) is 3.78. The molecule has 1 aromatic heterocycles. The molecule has 1 aliphatic rings. The molecule has 2 N–H and O–H groups in total. The Hall–Kier alpha value is -1.20. The lowest BCUT2D eigenvalue weighted by Crippen LogP contribution is -2.44. The summed E-state index contributed by atoms with van der Waals surface area (Å²) in [4.78, 5) is 10.9. The average molecular weight is 207 g/mol. The van der Waals surface area contributed by atoms with E-state index in [1.807, 2.05) is 19.4 Å². The number of rotatable bonds is 3. The molecule has 0 aromatic carbocycles. The Bertz CT molecular complexity index is 291. The van der Waals surface area contributed by atoms with Crippen molar-refractivity contribution in [2.75, 3.05) is 38.1 Å². The van der Waals surface area contributed by atoms with Crippen LogP contribution in [0.25, 0.3) is 0 Å². The Kier molecular flexibility index (Phi) is 3.47. The van der Waals surface area contributed by atoms with E-state index < -0.39 is 0 Å². The van der Waals surface area contributed by atoms with Crippen molar-refractivity contribution in [1.82, 2.24) is 20.6 Å². The quantitative estimate of drug-likeness (QED) is 0.707. The zero-order valence-corrected chi connectivity index (χ0v) is 9.03. The lowest BCUT2D eigenvalue weighted by Gasteiger charge is -2.27. The zero-order chi connectivity index (χ0) is 10.5. The van der Waals surface area contributed by atoms with Crippen molar-refractivity contribution in [3.63, 3.8) is 0 Å². The molecule has 1 saturated heterocycles. The lowest BCUT2D eigenvalue weighted by molar-refractivity contribution is 0.579. The van der Waals surface area contributed by atoms with Gasteiger partial charge in [0.15, 0.2) is 0 Å². The van der Waals surface area contributed by atoms with E-state index in [0.717, 1.165) is 44.2 Å². The van der Waals surface area contributed by atoms with E-state index in [4.69, 9.17) is 0 Å². The minimum absolute atomic E-state index is 0.821. The molecule has 0 atom stereocenters. The summed E-state index contributed by atoms with van der Waals surface area (Å²) in [5, 5.41) is 6.39. The fourth-order valence-electron chi connectivity index (χ4n) is 1.67. The fourth-order valence-corrected chi connectivity index (χ4v) is 1.67. The van der Waals surface area contributed by atoms with Crippen LogP contribution in [0.5, 0.6) is 0 Å². The first-order valence-corrected chi connectivity index (χ1v) is 5.31. The normalized spacial score (nSPS) is 16.7. The van der Waals surface area contributed by atoms with Gasteiger partial charge in [0, 0.05) is 50.7 Å². The third-order valence-corrected chi connectivity index (χ3v) is 2.47. The van der Waals surface area contributed by atoms with Crippen LogP contribution in [0.15, 0.2) is 12.4 Å². The van der Waals surface area contributed by atoms with E-state index in [0.29, 0.717) is 0 Å². The molecular weight excluding hydrogens is 190 g/mol. The average Bonchev–Trinajstić information content (AvgIpc) is 2.32. The molecule has 0 bridgehead atoms. The molecule has 0 saturated carbocycles. The van der Waals surface area contributed by atoms with Crippen LogP contribution in [0.1, 0.15) is 5.56 Å². The van der Waals surface area contributed by atoms with Crippen molar-refractivity contribution < 1.29 is 0 Å². The molecule has 0 radical (unpaired) electrons. The van der Waals surface area contributed by atoms with Crippen LogP contribution in [0.4, 0.5) is 5.95 Å². The molecule has 2 heterocycles. The van der Waals surface area contributed by atoms with Crippen molar-refractivity contribution in [3.05, 3.63) is 18.0 Å². The SMILES string of the molecule is CNCc1cnc(N2CCNCC2)nc1. The van der Waals surface area contributed by atoms with Crippen LogP contribution in [-0.2, 0) is 6.54 Å². The van der Waals surface area contributed by atoms with Gasteiger partial charge in [-0.2, -0.15) is 0 Å². The summed E-state index contributed by atoms with van der Waals surface area (Å²) in [5.74, 6) is 0.844. The Morgan fingerprint density at radius 1 is 1.33 bits per heavy atom. The van der Waals surface area contributed by atoms with Crippen molar-refractivity contribution in [2.24, 2.45) is 0 Å². The largest absolute Gasteiger partial charge is 0.338 e. The summed E-state index contributed by atoms with van der Waals surface area (Å²) in [6.45, 7) is 4.84. The van der Waals surface area contributed by atoms with Crippen molar-refractivity contribution >= 4 is 5.95 Å². The van der Waals surface area contributed by atoms with Crippen LogP contribution in [0.3, 0.4) is 0 Å². The van der Waals surface area contributed by atoms with Gasteiger partial charge in [-0.3, -0.25) is 0 Å². The maximum Gasteiger partial charge on any atom is 0.225 e. The van der Waals surface area contributed by atoms with E-state index >= 15 is 0 Å². The van der Waals surface area contributed by atoms with Crippen LogP contribution < -0.4 is 15.5 Å². The lowest BCUT2D eigenvalue weighted by atomic mass is 10.3. The van der Waals surface area contributed by atoms with Gasteiger partial charge in [0.05, 0.1) is 0 Å². The number of nitrogens with one attached hydrogen (secondary N) is 2. The maximum absolute atomic E-state index is 4.37. The highest BCUT2D eigenvalue weighted by atomic mass is 15.3. The van der Waals surface area contributed by atoms with E-state index in [1.165, 1.54) is 0 Å². The molecule has 0 spiro atoms. The highest BCUT2D eigenvalue weighted by Gasteiger charge is 2.12. The smallest absolute Gasteiger partial charge is 0.225 e. The van der Waals surface area contributed by atoms with E-state index in [9.17, 15) is 0 Å². The summed E-state index contributed by atoms with van der Waals surface area (Å²) >= 11 is 0. The maximum atomic E-state index is 4.37. The van der Waals surface area contributed by atoms with Crippen LogP contribution in [-0.4, -0.2) is 43.2 Å². The first-order valence-electron chi connectivity index (χ1n) is 5.31. The molecule has 1 fully saturated rings. The van der Waals surface area contributed by atoms with Gasteiger partial charge in [0.1, 0.15) is 0 Å². The Labute approximate surface area is 89.9 Å². The van der Waals surface area contributed by atoms with Gasteiger partial charge in [0.25, 0.3) is 0 Å². The van der Waals surface area contributed by atoms with Crippen LogP contribution >= 0.6 is 0 Å². The highest BCUT2D eigenvalue weighted by Crippen LogP contribution is 2.07. The molecule has 0 amide bonds. The summed E-state index contributed by atoms with van der Waals surface area (Å²) < 4.78 is 0. The standard InChI is InChI=1S/C10H17N5/c1-11-6-9-7-13-10(14-8-9)15-4-2-12-3-5-15/h7-8,11-12H,2-6H2,1H3. The second-order valence-corrected chi connectivity index (χ2v) is 3.66. The van der Waals surface area contributed by atoms with Gasteiger partial charge in [-0.15, -0.1) is 0 Å². The van der Waals surface area contributed by atoms with Crippen LogP contribution in [0.2, 0.25) is 0 Å². The monoisotopic (exact) mass is 207 g/mol. The number of aromatic nitrogens is 2. The van der Waals surface area contributed by atoms with Gasteiger partial charge in [-0.05, 0) is 7.05 Å². The van der Waals surface area contributed by atoms with Crippen LogP contribution in [0, 0.1) is 0 Å². The summed E-state index contributed by atoms with van der Waals surface area (Å²) in [7, 11) is 1.92. The first kappa shape index (κ1) is 10.3. The van der Waals surface area contributed by atoms with Gasteiger partial charge in [-0.25, -0.2) is 9.97 Å². The Morgan fingerprint density at radius 3 is 2.60 bits per heavy atom. The number of hydrogen-bond acceptors (Lipinski definition) is 5. The fraction of sp³-hybridized carbons (Fsp3) is 0.600. The van der Waals surface area contributed by atoms with Gasteiger partial charge in [0.2, 0.25) is 5.95 Å². The second-order valence-electron chi connectivity index (χ2n) is 3.66. The van der Waals surface area contributed by atoms with Crippen molar-refractivity contribution in [1.29, 1.82) is 0 Å². The molecule has 5 nitrogen and oxygen atoms in total. The predicted molar refractivity (Wildman–Crippen MR) is 59.9 cm³/mol. The van der Waals surface area contributed by atoms with Gasteiger partial charge >= 0.3 is 0 Å². The molecule has 1 aliphatic heterocycles. The topological polar surface area (TPSA) is 53.1 Å². The molecule has 0 unspecified atom stereocenters. The zero-order valence-electron chi connectivity index (χ0n) is 9.03. The Morgan fingerprint density at radius 2 is 2.00 bits per heavy atom. The summed E-state index contributed by atoms with van der Waals surface area (Å²) in [6, 6.07) is 0. The van der Waals surface area contributed by atoms with Crippen molar-refractivity contribution in [3.8, 4) is 0 Å². The second kappa shape index (κ2) is 5.04. The van der Waals surface area contributed by atoms with E-state index in [-0.39, 0.29) is 0 Å². The number of anilines is 1. The minimum Gasteiger partial charge on any atom is -0.338 e. The third kappa shape index (κ3) is 2.64. The summed E-state index contributed by atoms with van der Waals surface area (Å²) in [5.41, 5.74) is 1.12. The molecule has 1 aromatic rings.